The van der Waals surface area contributed by atoms with Crippen molar-refractivity contribution in [2.24, 2.45) is 0 Å². The summed E-state index contributed by atoms with van der Waals surface area (Å²) in [5.74, 6) is -0.737. The lowest BCUT2D eigenvalue weighted by molar-refractivity contribution is -0.137. The van der Waals surface area contributed by atoms with Crippen molar-refractivity contribution in [3.8, 4) is 0 Å². The number of halogens is 1. The lowest BCUT2D eigenvalue weighted by Crippen LogP contribution is -2.32. The summed E-state index contributed by atoms with van der Waals surface area (Å²) in [4.78, 5) is 12.9. The molecule has 0 saturated heterocycles. The number of nitrogens with zero attached hydrogens (tertiary/aromatic N) is 1. The second-order valence-corrected chi connectivity index (χ2v) is 4.96. The molecule has 1 heterocycles. The SMILES string of the molecule is CN1CCc2cc(Cl)ccc2C1CCC(=O)O. The van der Waals surface area contributed by atoms with Gasteiger partial charge in [-0.25, -0.2) is 0 Å². The van der Waals surface area contributed by atoms with Gasteiger partial charge in [-0.05, 0) is 43.1 Å². The van der Waals surface area contributed by atoms with Crippen LogP contribution in [-0.2, 0) is 11.2 Å². The zero-order valence-electron chi connectivity index (χ0n) is 9.82. The molecule has 1 aromatic rings. The van der Waals surface area contributed by atoms with Crippen LogP contribution < -0.4 is 0 Å². The number of hydrogen-bond acceptors (Lipinski definition) is 2. The predicted octanol–water partition coefficient (Wildman–Crippen LogP) is 2.73. The minimum absolute atomic E-state index is 0.201. The maximum absolute atomic E-state index is 10.7. The summed E-state index contributed by atoms with van der Waals surface area (Å²) >= 11 is 5.98. The fraction of sp³-hybridized carbons (Fsp3) is 0.462. The Kier molecular flexibility index (Phi) is 3.69. The van der Waals surface area contributed by atoms with Gasteiger partial charge in [-0.1, -0.05) is 17.7 Å². The number of carboxylic acid groups (broad SMARTS) is 1. The first kappa shape index (κ1) is 12.4. The highest BCUT2D eigenvalue weighted by Gasteiger charge is 2.25. The van der Waals surface area contributed by atoms with E-state index in [0.29, 0.717) is 6.42 Å². The van der Waals surface area contributed by atoms with E-state index in [0.717, 1.165) is 18.0 Å². The van der Waals surface area contributed by atoms with Gasteiger partial charge in [-0.15, -0.1) is 0 Å². The van der Waals surface area contributed by atoms with Crippen molar-refractivity contribution in [3.05, 3.63) is 34.3 Å². The van der Waals surface area contributed by atoms with Crippen molar-refractivity contribution >= 4 is 17.6 Å². The summed E-state index contributed by atoms with van der Waals surface area (Å²) in [5.41, 5.74) is 2.48. The van der Waals surface area contributed by atoms with E-state index in [4.69, 9.17) is 16.7 Å². The van der Waals surface area contributed by atoms with Crippen LogP contribution in [-0.4, -0.2) is 29.6 Å². The van der Waals surface area contributed by atoms with E-state index in [2.05, 4.69) is 4.90 Å². The van der Waals surface area contributed by atoms with Crippen LogP contribution in [0.5, 0.6) is 0 Å². The molecule has 0 bridgehead atoms. The summed E-state index contributed by atoms with van der Waals surface area (Å²) in [6, 6.07) is 6.11. The van der Waals surface area contributed by atoms with E-state index in [-0.39, 0.29) is 12.5 Å². The van der Waals surface area contributed by atoms with E-state index in [1.54, 1.807) is 0 Å². The normalized spacial score (nSPS) is 20.0. The number of benzene rings is 1. The van der Waals surface area contributed by atoms with Crippen LogP contribution in [0.15, 0.2) is 18.2 Å². The van der Waals surface area contributed by atoms with Crippen molar-refractivity contribution in [1.29, 1.82) is 0 Å². The maximum Gasteiger partial charge on any atom is 0.303 e. The molecule has 17 heavy (non-hydrogen) atoms. The molecule has 4 heteroatoms. The third-order valence-electron chi connectivity index (χ3n) is 3.36. The molecule has 1 aromatic carbocycles. The number of rotatable bonds is 3. The molecule has 0 aromatic heterocycles. The molecule has 1 atom stereocenters. The predicted molar refractivity (Wildman–Crippen MR) is 67.4 cm³/mol. The average Bonchev–Trinajstić information content (AvgIpc) is 2.27. The molecule has 92 valence electrons. The fourth-order valence-corrected chi connectivity index (χ4v) is 2.64. The Bertz CT molecular complexity index is 433. The number of likely N-dealkylation sites (N-methyl/N-ethyl adjacent to an activating group) is 1. The molecule has 0 fully saturated rings. The largest absolute Gasteiger partial charge is 0.481 e. The second kappa shape index (κ2) is 5.07. The van der Waals surface area contributed by atoms with Crippen LogP contribution in [0.3, 0.4) is 0 Å². The van der Waals surface area contributed by atoms with E-state index in [9.17, 15) is 4.79 Å². The Hall–Kier alpha value is -1.06. The standard InChI is InChI=1S/C13H16ClNO2/c1-15-7-6-9-8-10(14)2-3-11(9)12(15)4-5-13(16)17/h2-3,8,12H,4-7H2,1H3,(H,16,17). The van der Waals surface area contributed by atoms with Gasteiger partial charge in [-0.3, -0.25) is 9.69 Å². The monoisotopic (exact) mass is 253 g/mol. The molecule has 0 aliphatic carbocycles. The van der Waals surface area contributed by atoms with E-state index >= 15 is 0 Å². The maximum atomic E-state index is 10.7. The van der Waals surface area contributed by atoms with Gasteiger partial charge in [0.2, 0.25) is 0 Å². The Morgan fingerprint density at radius 3 is 3.06 bits per heavy atom. The van der Waals surface area contributed by atoms with Crippen LogP contribution in [0.2, 0.25) is 5.02 Å². The zero-order chi connectivity index (χ0) is 12.4. The van der Waals surface area contributed by atoms with Gasteiger partial charge in [0.25, 0.3) is 0 Å². The van der Waals surface area contributed by atoms with Gasteiger partial charge in [0.05, 0.1) is 0 Å². The summed E-state index contributed by atoms with van der Waals surface area (Å²) in [6.45, 7) is 0.956. The molecular formula is C13H16ClNO2. The van der Waals surface area contributed by atoms with Crippen molar-refractivity contribution in [1.82, 2.24) is 4.90 Å². The third-order valence-corrected chi connectivity index (χ3v) is 3.60. The Balaban J connectivity index is 2.23. The Labute approximate surface area is 106 Å². The highest BCUT2D eigenvalue weighted by Crippen LogP contribution is 2.33. The van der Waals surface area contributed by atoms with Gasteiger partial charge in [0.1, 0.15) is 0 Å². The van der Waals surface area contributed by atoms with Crippen molar-refractivity contribution < 1.29 is 9.90 Å². The van der Waals surface area contributed by atoms with Crippen LogP contribution in [0.1, 0.15) is 30.0 Å². The molecule has 0 saturated carbocycles. The lowest BCUT2D eigenvalue weighted by atomic mass is 9.90. The molecule has 1 unspecified atom stereocenters. The van der Waals surface area contributed by atoms with Gasteiger partial charge >= 0.3 is 5.97 Å². The number of carboxylic acids is 1. The molecule has 1 N–H and O–H groups in total. The van der Waals surface area contributed by atoms with E-state index in [1.165, 1.54) is 11.1 Å². The van der Waals surface area contributed by atoms with Gasteiger partial charge < -0.3 is 5.11 Å². The number of hydrogen-bond donors (Lipinski definition) is 1. The topological polar surface area (TPSA) is 40.5 Å². The Morgan fingerprint density at radius 1 is 1.59 bits per heavy atom. The van der Waals surface area contributed by atoms with Gasteiger partial charge in [0, 0.05) is 24.0 Å². The average molecular weight is 254 g/mol. The van der Waals surface area contributed by atoms with Crippen LogP contribution in [0, 0.1) is 0 Å². The number of fused-ring (bicyclic) bond motifs is 1. The summed E-state index contributed by atoms with van der Waals surface area (Å²) in [5, 5.41) is 9.54. The number of aliphatic carboxylic acids is 1. The summed E-state index contributed by atoms with van der Waals surface area (Å²) < 4.78 is 0. The lowest BCUT2D eigenvalue weighted by Gasteiger charge is -2.34. The molecular weight excluding hydrogens is 238 g/mol. The van der Waals surface area contributed by atoms with Crippen molar-refractivity contribution in [2.75, 3.05) is 13.6 Å². The highest BCUT2D eigenvalue weighted by atomic mass is 35.5. The molecule has 1 aliphatic heterocycles. The zero-order valence-corrected chi connectivity index (χ0v) is 10.6. The molecule has 0 radical (unpaired) electrons. The minimum Gasteiger partial charge on any atom is -0.481 e. The molecule has 1 aliphatic rings. The van der Waals surface area contributed by atoms with Crippen molar-refractivity contribution in [3.63, 3.8) is 0 Å². The third kappa shape index (κ3) is 2.79. The fourth-order valence-electron chi connectivity index (χ4n) is 2.44. The van der Waals surface area contributed by atoms with Crippen LogP contribution >= 0.6 is 11.6 Å². The Morgan fingerprint density at radius 2 is 2.35 bits per heavy atom. The molecule has 0 spiro atoms. The summed E-state index contributed by atoms with van der Waals surface area (Å²) in [7, 11) is 2.05. The first-order valence-electron chi connectivity index (χ1n) is 5.78. The second-order valence-electron chi connectivity index (χ2n) is 4.52. The smallest absolute Gasteiger partial charge is 0.303 e. The molecule has 0 amide bonds. The highest BCUT2D eigenvalue weighted by molar-refractivity contribution is 6.30. The first-order valence-corrected chi connectivity index (χ1v) is 6.16. The van der Waals surface area contributed by atoms with Gasteiger partial charge in [0.15, 0.2) is 0 Å². The van der Waals surface area contributed by atoms with E-state index < -0.39 is 5.97 Å². The molecule has 2 rings (SSSR count). The minimum atomic E-state index is -0.737. The van der Waals surface area contributed by atoms with Gasteiger partial charge in [-0.2, -0.15) is 0 Å². The van der Waals surface area contributed by atoms with Crippen LogP contribution in [0.25, 0.3) is 0 Å². The molecule has 3 nitrogen and oxygen atoms in total. The number of carbonyl (C=O) groups is 1. The first-order chi connectivity index (χ1) is 8.08. The quantitative estimate of drug-likeness (QED) is 0.901. The van der Waals surface area contributed by atoms with E-state index in [1.807, 2.05) is 25.2 Å². The van der Waals surface area contributed by atoms with Crippen LogP contribution in [0.4, 0.5) is 0 Å². The summed E-state index contributed by atoms with van der Waals surface area (Å²) in [6.07, 6.45) is 1.84. The van der Waals surface area contributed by atoms with Crippen molar-refractivity contribution in [2.45, 2.75) is 25.3 Å².